The highest BCUT2D eigenvalue weighted by Gasteiger charge is 2.47. The maximum absolute atomic E-state index is 14.2. The molecule has 4 unspecified atom stereocenters. The second kappa shape index (κ2) is 8.07. The smallest absolute Gasteiger partial charge is 0.338 e. The molecule has 1 N–H and O–H groups in total. The van der Waals surface area contributed by atoms with Crippen molar-refractivity contribution in [3.8, 4) is 0 Å². The Balaban J connectivity index is 1.63. The lowest BCUT2D eigenvalue weighted by molar-refractivity contribution is -0.122. The van der Waals surface area contributed by atoms with Crippen LogP contribution in [0.25, 0.3) is 0 Å². The molecule has 3 rings (SSSR count). The molecule has 6 nitrogen and oxygen atoms in total. The van der Waals surface area contributed by atoms with Gasteiger partial charge in [-0.2, -0.15) is 0 Å². The van der Waals surface area contributed by atoms with E-state index in [1.165, 1.54) is 12.1 Å². The molecule has 1 aliphatic heterocycles. The van der Waals surface area contributed by atoms with E-state index < -0.39 is 36.6 Å². The van der Waals surface area contributed by atoms with E-state index in [2.05, 4.69) is 0 Å². The van der Waals surface area contributed by atoms with Crippen LogP contribution in [0.15, 0.2) is 60.7 Å². The number of hydrogen-bond acceptors (Lipinski definition) is 6. The van der Waals surface area contributed by atoms with Crippen molar-refractivity contribution in [3.05, 3.63) is 71.8 Å². The third kappa shape index (κ3) is 4.07. The van der Waals surface area contributed by atoms with E-state index in [0.29, 0.717) is 5.56 Å². The van der Waals surface area contributed by atoms with Crippen LogP contribution in [0.4, 0.5) is 4.39 Å². The van der Waals surface area contributed by atoms with E-state index in [1.54, 1.807) is 48.5 Å². The van der Waals surface area contributed by atoms with Gasteiger partial charge in [0.15, 0.2) is 18.6 Å². The van der Waals surface area contributed by atoms with Crippen LogP contribution in [-0.2, 0) is 14.2 Å². The first kappa shape index (κ1) is 18.0. The first-order chi connectivity index (χ1) is 12.6. The number of halogens is 1. The maximum Gasteiger partial charge on any atom is 0.338 e. The van der Waals surface area contributed by atoms with Crippen LogP contribution in [0.2, 0.25) is 0 Å². The first-order valence-electron chi connectivity index (χ1n) is 8.02. The Kier molecular flexibility index (Phi) is 5.60. The molecule has 0 radical (unpaired) electrons. The van der Waals surface area contributed by atoms with E-state index in [-0.39, 0.29) is 12.2 Å². The number of carbonyl (C=O) groups excluding carboxylic acids is 2. The number of aliphatic hydroxyl groups excluding tert-OH is 1. The molecule has 0 saturated carbocycles. The molecule has 2 aromatic carbocycles. The summed E-state index contributed by atoms with van der Waals surface area (Å²) in [5.41, 5.74) is 0.557. The summed E-state index contributed by atoms with van der Waals surface area (Å²) < 4.78 is 29.4. The minimum absolute atomic E-state index is 0.237. The first-order valence-corrected chi connectivity index (χ1v) is 8.02. The molecule has 7 heteroatoms. The Hall–Kier alpha value is -2.77. The number of ether oxygens (including phenoxy) is 3. The fourth-order valence-electron chi connectivity index (χ4n) is 2.56. The average molecular weight is 360 g/mol. The largest absolute Gasteiger partial charge is 0.459 e. The van der Waals surface area contributed by atoms with Gasteiger partial charge >= 0.3 is 11.9 Å². The lowest BCUT2D eigenvalue weighted by Gasteiger charge is -2.19. The van der Waals surface area contributed by atoms with Gasteiger partial charge < -0.3 is 19.3 Å². The second-order valence-electron chi connectivity index (χ2n) is 5.71. The molecular weight excluding hydrogens is 343 g/mol. The van der Waals surface area contributed by atoms with Crippen LogP contribution < -0.4 is 0 Å². The minimum atomic E-state index is -1.94. The van der Waals surface area contributed by atoms with Gasteiger partial charge in [0.2, 0.25) is 0 Å². The summed E-state index contributed by atoms with van der Waals surface area (Å²) in [6, 6.07) is 16.3. The maximum atomic E-state index is 14.2. The summed E-state index contributed by atoms with van der Waals surface area (Å²) in [4.78, 5) is 24.1. The van der Waals surface area contributed by atoms with Crippen LogP contribution in [0.3, 0.4) is 0 Å². The molecule has 0 aromatic heterocycles. The van der Waals surface area contributed by atoms with E-state index >= 15 is 0 Å². The third-order valence-corrected chi connectivity index (χ3v) is 3.91. The van der Waals surface area contributed by atoms with Crippen molar-refractivity contribution in [2.24, 2.45) is 0 Å². The molecule has 1 heterocycles. The lowest BCUT2D eigenvalue weighted by Crippen LogP contribution is -2.37. The van der Waals surface area contributed by atoms with Crippen LogP contribution in [-0.4, -0.2) is 48.3 Å². The molecule has 4 atom stereocenters. The topological polar surface area (TPSA) is 82.1 Å². The predicted octanol–water partition coefficient (Wildman–Crippen LogP) is 2.12. The van der Waals surface area contributed by atoms with E-state index in [0.717, 1.165) is 0 Å². The average Bonchev–Trinajstić information content (AvgIpc) is 2.95. The van der Waals surface area contributed by atoms with Crippen LogP contribution in [0.5, 0.6) is 0 Å². The molecule has 0 amide bonds. The molecule has 26 heavy (non-hydrogen) atoms. The van der Waals surface area contributed by atoms with Gasteiger partial charge in [0.05, 0.1) is 11.1 Å². The minimum Gasteiger partial charge on any atom is -0.459 e. The van der Waals surface area contributed by atoms with Gasteiger partial charge in [-0.1, -0.05) is 36.4 Å². The van der Waals surface area contributed by atoms with Gasteiger partial charge in [0, 0.05) is 0 Å². The highest BCUT2D eigenvalue weighted by atomic mass is 19.1. The van der Waals surface area contributed by atoms with Crippen molar-refractivity contribution < 1.29 is 33.3 Å². The summed E-state index contributed by atoms with van der Waals surface area (Å²) >= 11 is 0. The normalized spacial score (nSPS) is 24.8. The number of rotatable bonds is 5. The highest BCUT2D eigenvalue weighted by Crippen LogP contribution is 2.26. The van der Waals surface area contributed by atoms with Gasteiger partial charge in [-0.25, -0.2) is 14.0 Å². The fraction of sp³-hybridized carbons (Fsp3) is 0.263. The van der Waals surface area contributed by atoms with E-state index in [4.69, 9.17) is 14.2 Å². The van der Waals surface area contributed by atoms with E-state index in [9.17, 15) is 19.1 Å². The summed E-state index contributed by atoms with van der Waals surface area (Å²) in [5.74, 6) is -1.38. The zero-order valence-corrected chi connectivity index (χ0v) is 13.7. The Morgan fingerprint density at radius 1 is 0.962 bits per heavy atom. The van der Waals surface area contributed by atoms with Crippen molar-refractivity contribution in [1.29, 1.82) is 0 Å². The van der Waals surface area contributed by atoms with Crippen molar-refractivity contribution >= 4 is 11.9 Å². The Bertz CT molecular complexity index is 751. The predicted molar refractivity (Wildman–Crippen MR) is 88.1 cm³/mol. The molecule has 1 fully saturated rings. The molecule has 0 bridgehead atoms. The Labute approximate surface area is 149 Å². The van der Waals surface area contributed by atoms with Crippen molar-refractivity contribution in [3.63, 3.8) is 0 Å². The van der Waals surface area contributed by atoms with Gasteiger partial charge in [-0.3, -0.25) is 0 Å². The van der Waals surface area contributed by atoms with Gasteiger partial charge in [-0.05, 0) is 24.3 Å². The highest BCUT2D eigenvalue weighted by molar-refractivity contribution is 5.90. The fourth-order valence-corrected chi connectivity index (χ4v) is 2.56. The monoisotopic (exact) mass is 360 g/mol. The van der Waals surface area contributed by atoms with Crippen molar-refractivity contribution in [2.45, 2.75) is 24.7 Å². The SMILES string of the molecule is O=C(OCC1OC(O)C(F)C1OC(=O)c1ccccc1)c1ccccc1. The quantitative estimate of drug-likeness (QED) is 0.823. The number of benzene rings is 2. The van der Waals surface area contributed by atoms with Gasteiger partial charge in [-0.15, -0.1) is 0 Å². The number of aliphatic hydroxyl groups is 1. The molecule has 136 valence electrons. The third-order valence-electron chi connectivity index (χ3n) is 3.91. The molecular formula is C19H17FO6. The Morgan fingerprint density at radius 2 is 1.50 bits per heavy atom. The van der Waals surface area contributed by atoms with Crippen molar-refractivity contribution in [2.75, 3.05) is 6.61 Å². The standard InChI is InChI=1S/C19H17FO6/c20-15-16(26-18(22)13-9-5-2-6-10-13)14(25-19(15)23)11-24-17(21)12-7-3-1-4-8-12/h1-10,14-16,19,23H,11H2. The zero-order valence-electron chi connectivity index (χ0n) is 13.7. The van der Waals surface area contributed by atoms with Crippen LogP contribution >= 0.6 is 0 Å². The summed E-state index contributed by atoms with van der Waals surface area (Å²) in [6.45, 7) is -0.363. The number of alkyl halides is 1. The number of esters is 2. The summed E-state index contributed by atoms with van der Waals surface area (Å²) in [7, 11) is 0. The molecule has 0 spiro atoms. The van der Waals surface area contributed by atoms with Crippen LogP contribution in [0, 0.1) is 0 Å². The molecule has 1 aliphatic rings. The van der Waals surface area contributed by atoms with Gasteiger partial charge in [0.1, 0.15) is 12.7 Å². The summed E-state index contributed by atoms with van der Waals surface area (Å²) in [5, 5.41) is 9.58. The molecule has 2 aromatic rings. The van der Waals surface area contributed by atoms with Crippen LogP contribution in [0.1, 0.15) is 20.7 Å². The molecule has 1 saturated heterocycles. The Morgan fingerprint density at radius 3 is 2.08 bits per heavy atom. The molecule has 0 aliphatic carbocycles. The second-order valence-corrected chi connectivity index (χ2v) is 5.71. The number of carbonyl (C=O) groups is 2. The van der Waals surface area contributed by atoms with E-state index in [1.807, 2.05) is 0 Å². The summed E-state index contributed by atoms with van der Waals surface area (Å²) in [6.07, 6.45) is -6.20. The van der Waals surface area contributed by atoms with Crippen molar-refractivity contribution in [1.82, 2.24) is 0 Å². The zero-order chi connectivity index (χ0) is 18.5. The number of hydrogen-bond donors (Lipinski definition) is 1. The van der Waals surface area contributed by atoms with Gasteiger partial charge in [0.25, 0.3) is 0 Å². The lowest BCUT2D eigenvalue weighted by atomic mass is 10.1.